The van der Waals surface area contributed by atoms with Gasteiger partial charge in [0.1, 0.15) is 5.82 Å². The first kappa shape index (κ1) is 15.1. The average Bonchev–Trinajstić information content (AvgIpc) is 2.61. The number of amides is 1. The van der Waals surface area contributed by atoms with Gasteiger partial charge in [-0.15, -0.1) is 0 Å². The van der Waals surface area contributed by atoms with Crippen LogP contribution in [0.1, 0.15) is 15.9 Å². The van der Waals surface area contributed by atoms with Crippen molar-refractivity contribution in [3.8, 4) is 0 Å². The lowest BCUT2D eigenvalue weighted by Crippen LogP contribution is -2.15. The molecule has 5 nitrogen and oxygen atoms in total. The molecule has 0 fully saturated rings. The van der Waals surface area contributed by atoms with Crippen molar-refractivity contribution < 1.29 is 4.79 Å². The highest BCUT2D eigenvalue weighted by Gasteiger charge is 2.14. The molecule has 0 aliphatic carbocycles. The van der Waals surface area contributed by atoms with E-state index in [1.165, 1.54) is 0 Å². The van der Waals surface area contributed by atoms with E-state index in [0.29, 0.717) is 33.2 Å². The van der Waals surface area contributed by atoms with Crippen LogP contribution in [0.15, 0.2) is 65.6 Å². The number of aromatic nitrogens is 2. The largest absolute Gasteiger partial charge is 0.354 e. The monoisotopic (exact) mass is 329 g/mol. The maximum absolute atomic E-state index is 12.7. The third-order valence-corrected chi connectivity index (χ3v) is 4.14. The molecule has 2 N–H and O–H groups in total. The zero-order valence-electron chi connectivity index (χ0n) is 13.5. The Morgan fingerprint density at radius 3 is 2.68 bits per heavy atom. The summed E-state index contributed by atoms with van der Waals surface area (Å²) < 4.78 is 0. The summed E-state index contributed by atoms with van der Waals surface area (Å²) in [5.41, 5.74) is 2.55. The molecule has 0 radical (unpaired) electrons. The fraction of sp³-hybridized carbons (Fsp3) is 0.0500. The Labute approximate surface area is 143 Å². The SMILES string of the molecule is Cc1ccnc(NC(=O)c2cccc3c(=O)c4ccccc4[nH]c23)c1. The third-order valence-electron chi connectivity index (χ3n) is 4.14. The van der Waals surface area contributed by atoms with Gasteiger partial charge >= 0.3 is 0 Å². The molecule has 1 amide bonds. The van der Waals surface area contributed by atoms with Crippen molar-refractivity contribution in [1.82, 2.24) is 9.97 Å². The molecule has 25 heavy (non-hydrogen) atoms. The number of carbonyl (C=O) groups excluding carboxylic acids is 1. The number of H-pyrrole nitrogens is 1. The van der Waals surface area contributed by atoms with Gasteiger partial charge in [0, 0.05) is 22.5 Å². The first-order valence-electron chi connectivity index (χ1n) is 7.91. The number of benzene rings is 2. The van der Waals surface area contributed by atoms with Crippen molar-refractivity contribution in [2.24, 2.45) is 0 Å². The molecule has 0 aliphatic heterocycles. The van der Waals surface area contributed by atoms with Crippen LogP contribution in [0.5, 0.6) is 0 Å². The van der Waals surface area contributed by atoms with Gasteiger partial charge in [0.2, 0.25) is 0 Å². The lowest BCUT2D eigenvalue weighted by molar-refractivity contribution is 0.102. The summed E-state index contributed by atoms with van der Waals surface area (Å²) in [7, 11) is 0. The van der Waals surface area contributed by atoms with E-state index in [9.17, 15) is 9.59 Å². The first-order chi connectivity index (χ1) is 12.1. The van der Waals surface area contributed by atoms with E-state index < -0.39 is 0 Å². The molecule has 2 heterocycles. The quantitative estimate of drug-likeness (QED) is 0.551. The van der Waals surface area contributed by atoms with Crippen molar-refractivity contribution in [1.29, 1.82) is 0 Å². The van der Waals surface area contributed by atoms with Crippen LogP contribution in [0.2, 0.25) is 0 Å². The number of hydrogen-bond acceptors (Lipinski definition) is 3. The molecule has 0 unspecified atom stereocenters. The molecular weight excluding hydrogens is 314 g/mol. The Bertz CT molecular complexity index is 1180. The molecule has 0 saturated heterocycles. The van der Waals surface area contributed by atoms with Gasteiger partial charge in [-0.2, -0.15) is 0 Å². The Morgan fingerprint density at radius 2 is 1.84 bits per heavy atom. The van der Waals surface area contributed by atoms with Gasteiger partial charge in [0.05, 0.1) is 11.1 Å². The van der Waals surface area contributed by atoms with Gasteiger partial charge in [-0.3, -0.25) is 9.59 Å². The number of hydrogen-bond donors (Lipinski definition) is 2. The van der Waals surface area contributed by atoms with Crippen LogP contribution in [0.25, 0.3) is 21.8 Å². The lowest BCUT2D eigenvalue weighted by atomic mass is 10.1. The van der Waals surface area contributed by atoms with Crippen molar-refractivity contribution >= 4 is 33.5 Å². The Hall–Kier alpha value is -3.47. The summed E-state index contributed by atoms with van der Waals surface area (Å²) in [5, 5.41) is 3.88. The predicted octanol–water partition coefficient (Wildman–Crippen LogP) is 3.64. The molecule has 0 saturated carbocycles. The smallest absolute Gasteiger partial charge is 0.258 e. The van der Waals surface area contributed by atoms with Gasteiger partial charge in [0.25, 0.3) is 5.91 Å². The average molecular weight is 329 g/mol. The molecule has 5 heteroatoms. The van der Waals surface area contributed by atoms with Gasteiger partial charge in [0.15, 0.2) is 5.43 Å². The highest BCUT2D eigenvalue weighted by atomic mass is 16.1. The molecule has 0 aliphatic rings. The summed E-state index contributed by atoms with van der Waals surface area (Å²) in [6.07, 6.45) is 1.64. The minimum absolute atomic E-state index is 0.0901. The van der Waals surface area contributed by atoms with Crippen molar-refractivity contribution in [2.45, 2.75) is 6.92 Å². The fourth-order valence-electron chi connectivity index (χ4n) is 2.92. The maximum atomic E-state index is 12.7. The lowest BCUT2D eigenvalue weighted by Gasteiger charge is -2.09. The molecule has 2 aromatic carbocycles. The second kappa shape index (κ2) is 5.87. The number of nitrogens with one attached hydrogen (secondary N) is 2. The second-order valence-corrected chi connectivity index (χ2v) is 5.90. The number of aryl methyl sites for hydroxylation is 1. The van der Waals surface area contributed by atoms with E-state index in [1.54, 1.807) is 36.5 Å². The maximum Gasteiger partial charge on any atom is 0.258 e. The molecule has 0 spiro atoms. The molecule has 0 atom stereocenters. The Morgan fingerprint density at radius 1 is 1.04 bits per heavy atom. The fourth-order valence-corrected chi connectivity index (χ4v) is 2.92. The molecule has 4 rings (SSSR count). The number of para-hydroxylation sites is 2. The highest BCUT2D eigenvalue weighted by Crippen LogP contribution is 2.19. The van der Waals surface area contributed by atoms with Crippen LogP contribution in [0.3, 0.4) is 0 Å². The molecule has 4 aromatic rings. The number of nitrogens with zero attached hydrogens (tertiary/aromatic N) is 1. The summed E-state index contributed by atoms with van der Waals surface area (Å²) in [5.74, 6) is 0.166. The summed E-state index contributed by atoms with van der Waals surface area (Å²) in [6, 6.07) is 16.1. The van der Waals surface area contributed by atoms with Gasteiger partial charge in [-0.05, 0) is 48.9 Å². The number of fused-ring (bicyclic) bond motifs is 2. The van der Waals surface area contributed by atoms with Gasteiger partial charge < -0.3 is 10.3 Å². The number of carbonyl (C=O) groups is 1. The predicted molar refractivity (Wildman–Crippen MR) is 99.0 cm³/mol. The van der Waals surface area contributed by atoms with Gasteiger partial charge in [-0.25, -0.2) is 4.98 Å². The summed E-state index contributed by atoms with van der Waals surface area (Å²) in [6.45, 7) is 1.93. The summed E-state index contributed by atoms with van der Waals surface area (Å²) in [4.78, 5) is 32.8. The summed E-state index contributed by atoms with van der Waals surface area (Å²) >= 11 is 0. The van der Waals surface area contributed by atoms with E-state index in [4.69, 9.17) is 0 Å². The first-order valence-corrected chi connectivity index (χ1v) is 7.91. The molecule has 2 aromatic heterocycles. The number of pyridine rings is 2. The molecular formula is C20H15N3O2. The van der Waals surface area contributed by atoms with Crippen LogP contribution in [0, 0.1) is 6.92 Å². The van der Waals surface area contributed by atoms with E-state index in [-0.39, 0.29) is 11.3 Å². The van der Waals surface area contributed by atoms with Crippen molar-refractivity contribution in [3.63, 3.8) is 0 Å². The number of rotatable bonds is 2. The van der Waals surface area contributed by atoms with Crippen LogP contribution < -0.4 is 10.7 Å². The van der Waals surface area contributed by atoms with Crippen LogP contribution in [-0.2, 0) is 0 Å². The van der Waals surface area contributed by atoms with E-state index in [0.717, 1.165) is 5.56 Å². The normalized spacial score (nSPS) is 10.9. The van der Waals surface area contributed by atoms with Gasteiger partial charge in [-0.1, -0.05) is 18.2 Å². The standard InChI is InChI=1S/C20H15N3O2/c1-12-9-10-21-17(11-12)23-20(25)15-7-4-6-14-18(15)22-16-8-3-2-5-13(16)19(14)24/h2-11H,1H3,(H,22,24)(H,21,23,25). The minimum atomic E-state index is -0.311. The van der Waals surface area contributed by atoms with Crippen LogP contribution >= 0.6 is 0 Å². The zero-order valence-corrected chi connectivity index (χ0v) is 13.5. The van der Waals surface area contributed by atoms with Crippen LogP contribution in [0.4, 0.5) is 5.82 Å². The third kappa shape index (κ3) is 2.65. The minimum Gasteiger partial charge on any atom is -0.354 e. The number of aromatic amines is 1. The Kier molecular flexibility index (Phi) is 3.54. The molecule has 0 bridgehead atoms. The Balaban J connectivity index is 1.87. The molecule has 122 valence electrons. The zero-order chi connectivity index (χ0) is 17.4. The highest BCUT2D eigenvalue weighted by molar-refractivity contribution is 6.12. The van der Waals surface area contributed by atoms with Crippen molar-refractivity contribution in [2.75, 3.05) is 5.32 Å². The van der Waals surface area contributed by atoms with E-state index in [1.807, 2.05) is 31.2 Å². The topological polar surface area (TPSA) is 74.8 Å². The van der Waals surface area contributed by atoms with E-state index in [2.05, 4.69) is 15.3 Å². The number of anilines is 1. The van der Waals surface area contributed by atoms with Crippen molar-refractivity contribution in [3.05, 3.63) is 82.1 Å². The van der Waals surface area contributed by atoms with E-state index >= 15 is 0 Å². The second-order valence-electron chi connectivity index (χ2n) is 5.90. The van der Waals surface area contributed by atoms with Crippen LogP contribution in [-0.4, -0.2) is 15.9 Å².